The Bertz CT molecular complexity index is 457. The van der Waals surface area contributed by atoms with Gasteiger partial charge in [-0.15, -0.1) is 5.10 Å². The van der Waals surface area contributed by atoms with E-state index in [-0.39, 0.29) is 5.95 Å². The van der Waals surface area contributed by atoms with Crippen LogP contribution in [0.25, 0.3) is 11.4 Å². The van der Waals surface area contributed by atoms with Crippen molar-refractivity contribution in [2.75, 3.05) is 5.73 Å². The van der Waals surface area contributed by atoms with Crippen molar-refractivity contribution in [3.63, 3.8) is 0 Å². The van der Waals surface area contributed by atoms with Crippen LogP contribution in [0.4, 0.5) is 5.95 Å². The number of hydrogen-bond acceptors (Lipinski definition) is 4. The first-order valence-electron chi connectivity index (χ1n) is 4.66. The molecule has 5 heteroatoms. The van der Waals surface area contributed by atoms with Crippen LogP contribution in [0.3, 0.4) is 0 Å². The van der Waals surface area contributed by atoms with Gasteiger partial charge in [-0.2, -0.15) is 4.98 Å². The molecule has 5 nitrogen and oxygen atoms in total. The normalized spacial score (nSPS) is 10.5. The van der Waals surface area contributed by atoms with Crippen LogP contribution < -0.4 is 11.5 Å². The van der Waals surface area contributed by atoms with Gasteiger partial charge in [0.05, 0.1) is 0 Å². The van der Waals surface area contributed by atoms with E-state index in [4.69, 9.17) is 11.5 Å². The number of rotatable bonds is 2. The molecule has 0 amide bonds. The largest absolute Gasteiger partial charge is 0.366 e. The topological polar surface area (TPSA) is 82.8 Å². The van der Waals surface area contributed by atoms with Crippen LogP contribution in [0.2, 0.25) is 0 Å². The first-order chi connectivity index (χ1) is 7.20. The highest BCUT2D eigenvalue weighted by atomic mass is 15.4. The fourth-order valence-corrected chi connectivity index (χ4v) is 1.45. The van der Waals surface area contributed by atoms with Crippen LogP contribution in [0.15, 0.2) is 24.3 Å². The first-order valence-corrected chi connectivity index (χ1v) is 4.66. The van der Waals surface area contributed by atoms with E-state index in [2.05, 4.69) is 10.1 Å². The Morgan fingerprint density at radius 2 is 1.93 bits per heavy atom. The summed E-state index contributed by atoms with van der Waals surface area (Å²) in [4.78, 5) is 4.13. The molecule has 4 N–H and O–H groups in total. The van der Waals surface area contributed by atoms with E-state index in [1.54, 1.807) is 4.68 Å². The maximum atomic E-state index is 5.52. The van der Waals surface area contributed by atoms with Gasteiger partial charge in [0.2, 0.25) is 5.95 Å². The van der Waals surface area contributed by atoms with Crippen LogP contribution in [-0.2, 0) is 13.6 Å². The van der Waals surface area contributed by atoms with Crippen LogP contribution in [0.5, 0.6) is 0 Å². The molecule has 1 aromatic carbocycles. The molecule has 15 heavy (non-hydrogen) atoms. The Labute approximate surface area is 87.7 Å². The lowest BCUT2D eigenvalue weighted by molar-refractivity contribution is 0.778. The highest BCUT2D eigenvalue weighted by Crippen LogP contribution is 2.17. The second-order valence-electron chi connectivity index (χ2n) is 3.32. The van der Waals surface area contributed by atoms with Gasteiger partial charge in [-0.25, -0.2) is 4.68 Å². The monoisotopic (exact) mass is 203 g/mol. The molecule has 0 aliphatic rings. The average Bonchev–Trinajstić information content (AvgIpc) is 2.58. The maximum absolute atomic E-state index is 5.52. The zero-order valence-electron chi connectivity index (χ0n) is 8.51. The molecule has 0 bridgehead atoms. The molecular weight excluding hydrogens is 190 g/mol. The molecule has 78 valence electrons. The third-order valence-electron chi connectivity index (χ3n) is 2.23. The Kier molecular flexibility index (Phi) is 2.39. The van der Waals surface area contributed by atoms with Gasteiger partial charge < -0.3 is 11.5 Å². The van der Waals surface area contributed by atoms with E-state index in [9.17, 15) is 0 Å². The van der Waals surface area contributed by atoms with E-state index < -0.39 is 0 Å². The Hall–Kier alpha value is -1.88. The van der Waals surface area contributed by atoms with Gasteiger partial charge in [-0.05, 0) is 5.56 Å². The molecule has 0 aliphatic carbocycles. The number of nitrogens with two attached hydrogens (primary N) is 2. The minimum Gasteiger partial charge on any atom is -0.366 e. The standard InChI is InChI=1S/C10H13N5/c1-15-9(13-10(12)14-15)8-4-2-7(6-11)3-5-8/h2-5H,6,11H2,1H3,(H2,12,14). The smallest absolute Gasteiger partial charge is 0.240 e. The summed E-state index contributed by atoms with van der Waals surface area (Å²) in [6, 6.07) is 7.87. The van der Waals surface area contributed by atoms with E-state index in [1.807, 2.05) is 31.3 Å². The van der Waals surface area contributed by atoms with Gasteiger partial charge >= 0.3 is 0 Å². The summed E-state index contributed by atoms with van der Waals surface area (Å²) >= 11 is 0. The van der Waals surface area contributed by atoms with E-state index >= 15 is 0 Å². The summed E-state index contributed by atoms with van der Waals surface area (Å²) in [5.41, 5.74) is 13.1. The molecule has 2 rings (SSSR count). The molecule has 0 unspecified atom stereocenters. The van der Waals surface area contributed by atoms with Crippen molar-refractivity contribution >= 4 is 5.95 Å². The van der Waals surface area contributed by atoms with Crippen LogP contribution in [0.1, 0.15) is 5.56 Å². The molecule has 0 saturated heterocycles. The number of aromatic nitrogens is 3. The van der Waals surface area contributed by atoms with Crippen LogP contribution >= 0.6 is 0 Å². The molecule has 0 aliphatic heterocycles. The second kappa shape index (κ2) is 3.70. The Balaban J connectivity index is 2.41. The summed E-state index contributed by atoms with van der Waals surface area (Å²) < 4.78 is 1.66. The van der Waals surface area contributed by atoms with E-state index in [1.165, 1.54) is 0 Å². The first kappa shape index (κ1) is 9.67. The number of nitrogen functional groups attached to an aromatic ring is 1. The average molecular weight is 203 g/mol. The molecular formula is C10H13N5. The number of nitrogens with zero attached hydrogens (tertiary/aromatic N) is 3. The molecule has 0 fully saturated rings. The van der Waals surface area contributed by atoms with Crippen molar-refractivity contribution < 1.29 is 0 Å². The number of anilines is 1. The third-order valence-corrected chi connectivity index (χ3v) is 2.23. The van der Waals surface area contributed by atoms with E-state index in [0.29, 0.717) is 6.54 Å². The SMILES string of the molecule is Cn1nc(N)nc1-c1ccc(CN)cc1. The summed E-state index contributed by atoms with van der Waals surface area (Å²) in [5, 5.41) is 3.99. The Morgan fingerprint density at radius 1 is 1.27 bits per heavy atom. The molecule has 0 spiro atoms. The summed E-state index contributed by atoms with van der Waals surface area (Å²) in [6.07, 6.45) is 0. The highest BCUT2D eigenvalue weighted by Gasteiger charge is 2.06. The lowest BCUT2D eigenvalue weighted by atomic mass is 10.1. The molecule has 0 atom stereocenters. The fourth-order valence-electron chi connectivity index (χ4n) is 1.45. The van der Waals surface area contributed by atoms with Gasteiger partial charge in [0.1, 0.15) is 0 Å². The molecule has 2 aromatic rings. The fraction of sp³-hybridized carbons (Fsp3) is 0.200. The lowest BCUT2D eigenvalue weighted by Crippen LogP contribution is -1.97. The minimum atomic E-state index is 0.287. The lowest BCUT2D eigenvalue weighted by Gasteiger charge is -2.01. The quantitative estimate of drug-likeness (QED) is 0.745. The van der Waals surface area contributed by atoms with Crippen molar-refractivity contribution in [1.82, 2.24) is 14.8 Å². The number of aryl methyl sites for hydroxylation is 1. The van der Waals surface area contributed by atoms with Crippen LogP contribution in [-0.4, -0.2) is 14.8 Å². The van der Waals surface area contributed by atoms with Crippen molar-refractivity contribution in [3.8, 4) is 11.4 Å². The minimum absolute atomic E-state index is 0.287. The third kappa shape index (κ3) is 1.82. The molecule has 1 aromatic heterocycles. The summed E-state index contributed by atoms with van der Waals surface area (Å²) in [7, 11) is 1.82. The van der Waals surface area contributed by atoms with Crippen molar-refractivity contribution in [1.29, 1.82) is 0 Å². The predicted molar refractivity (Wildman–Crippen MR) is 58.7 cm³/mol. The molecule has 0 saturated carbocycles. The zero-order valence-corrected chi connectivity index (χ0v) is 8.51. The summed E-state index contributed by atoms with van der Waals surface area (Å²) in [6.45, 7) is 0.543. The molecule has 0 radical (unpaired) electrons. The van der Waals surface area contributed by atoms with Gasteiger partial charge in [-0.3, -0.25) is 0 Å². The van der Waals surface area contributed by atoms with Crippen molar-refractivity contribution in [2.45, 2.75) is 6.54 Å². The number of benzene rings is 1. The zero-order chi connectivity index (χ0) is 10.8. The van der Waals surface area contributed by atoms with Crippen LogP contribution in [0, 0.1) is 0 Å². The summed E-state index contributed by atoms with van der Waals surface area (Å²) in [5.74, 6) is 1.05. The van der Waals surface area contributed by atoms with Gasteiger partial charge in [-0.1, -0.05) is 24.3 Å². The molecule has 1 heterocycles. The maximum Gasteiger partial charge on any atom is 0.240 e. The second-order valence-corrected chi connectivity index (χ2v) is 3.32. The van der Waals surface area contributed by atoms with Gasteiger partial charge in [0, 0.05) is 19.2 Å². The highest BCUT2D eigenvalue weighted by molar-refractivity contribution is 5.56. The van der Waals surface area contributed by atoms with Crippen molar-refractivity contribution in [3.05, 3.63) is 29.8 Å². The van der Waals surface area contributed by atoms with E-state index in [0.717, 1.165) is 17.0 Å². The van der Waals surface area contributed by atoms with Gasteiger partial charge in [0.25, 0.3) is 0 Å². The Morgan fingerprint density at radius 3 is 2.40 bits per heavy atom. The van der Waals surface area contributed by atoms with Crippen molar-refractivity contribution in [2.24, 2.45) is 12.8 Å². The number of hydrogen-bond donors (Lipinski definition) is 2. The predicted octanol–water partition coefficient (Wildman–Crippen LogP) is 0.523. The van der Waals surface area contributed by atoms with Gasteiger partial charge in [0.15, 0.2) is 5.82 Å².